The van der Waals surface area contributed by atoms with Gasteiger partial charge in [0.25, 0.3) is 0 Å². The second-order valence-electron chi connectivity index (χ2n) is 4.19. The Morgan fingerprint density at radius 3 is 2.13 bits per heavy atom. The summed E-state index contributed by atoms with van der Waals surface area (Å²) < 4.78 is 0. The van der Waals surface area contributed by atoms with Crippen LogP contribution in [-0.2, 0) is 0 Å². The molecule has 0 spiro atoms. The first-order valence-electron chi connectivity index (χ1n) is 6.41. The third-order valence-electron chi connectivity index (χ3n) is 2.91. The normalized spacial score (nSPS) is 23.1. The predicted molar refractivity (Wildman–Crippen MR) is 69.0 cm³/mol. The Labute approximate surface area is 94.8 Å². The van der Waals surface area contributed by atoms with Gasteiger partial charge in [-0.1, -0.05) is 38.2 Å². The first kappa shape index (κ1) is 12.3. The minimum atomic E-state index is 1.12. The zero-order valence-corrected chi connectivity index (χ0v) is 10.3. The maximum atomic E-state index is 2.42. The Hall–Kier alpha value is -0.780. The molecule has 1 saturated carbocycles. The molecule has 0 atom stereocenters. The van der Waals surface area contributed by atoms with E-state index in [2.05, 4.69) is 38.2 Å². The molecule has 0 heteroatoms. The van der Waals surface area contributed by atoms with Crippen LogP contribution in [0.5, 0.6) is 0 Å². The molecule has 0 nitrogen and oxygen atoms in total. The summed E-state index contributed by atoms with van der Waals surface area (Å²) in [5.74, 6) is 0. The molecule has 0 aromatic rings. The molecule has 1 rings (SSSR count). The van der Waals surface area contributed by atoms with Gasteiger partial charge in [-0.25, -0.2) is 0 Å². The number of rotatable bonds is 4. The highest BCUT2D eigenvalue weighted by atomic mass is 14.1. The van der Waals surface area contributed by atoms with E-state index in [-0.39, 0.29) is 0 Å². The van der Waals surface area contributed by atoms with Gasteiger partial charge in [0.05, 0.1) is 0 Å². The second-order valence-corrected chi connectivity index (χ2v) is 4.19. The highest BCUT2D eigenvalue weighted by Gasteiger charge is 2.09. The predicted octanol–water partition coefficient (Wildman–Crippen LogP) is 5.18. The molecular weight excluding hydrogens is 180 g/mol. The van der Waals surface area contributed by atoms with Crippen LogP contribution in [0.4, 0.5) is 0 Å². The summed E-state index contributed by atoms with van der Waals surface area (Å²) >= 11 is 0. The molecular formula is C15H24. The first-order valence-corrected chi connectivity index (χ1v) is 6.41. The molecule has 0 heterocycles. The summed E-state index contributed by atoms with van der Waals surface area (Å²) in [5, 5.41) is 0. The van der Waals surface area contributed by atoms with Crippen LogP contribution in [0.3, 0.4) is 0 Å². The van der Waals surface area contributed by atoms with Gasteiger partial charge in [0.1, 0.15) is 0 Å². The van der Waals surface area contributed by atoms with Gasteiger partial charge in [0.2, 0.25) is 0 Å². The minimum absolute atomic E-state index is 1.12. The van der Waals surface area contributed by atoms with Crippen molar-refractivity contribution in [2.75, 3.05) is 0 Å². The lowest BCUT2D eigenvalue weighted by atomic mass is 9.88. The van der Waals surface area contributed by atoms with Gasteiger partial charge in [-0.05, 0) is 56.1 Å². The highest BCUT2D eigenvalue weighted by molar-refractivity contribution is 5.33. The molecule has 0 saturated heterocycles. The van der Waals surface area contributed by atoms with Crippen molar-refractivity contribution in [3.63, 3.8) is 0 Å². The lowest BCUT2D eigenvalue weighted by Gasteiger charge is -2.18. The van der Waals surface area contributed by atoms with Gasteiger partial charge in [-0.15, -0.1) is 0 Å². The fraction of sp³-hybridized carbons (Fsp3) is 0.600. The topological polar surface area (TPSA) is 0 Å². The highest BCUT2D eigenvalue weighted by Crippen LogP contribution is 2.29. The van der Waals surface area contributed by atoms with E-state index < -0.39 is 0 Å². The van der Waals surface area contributed by atoms with E-state index >= 15 is 0 Å². The Bertz CT molecular complexity index is 253. The van der Waals surface area contributed by atoms with Gasteiger partial charge in [-0.2, -0.15) is 0 Å². The van der Waals surface area contributed by atoms with Crippen molar-refractivity contribution >= 4 is 0 Å². The third-order valence-corrected chi connectivity index (χ3v) is 2.91. The van der Waals surface area contributed by atoms with Crippen LogP contribution in [0.2, 0.25) is 0 Å². The van der Waals surface area contributed by atoms with Gasteiger partial charge >= 0.3 is 0 Å². The van der Waals surface area contributed by atoms with Crippen molar-refractivity contribution in [1.82, 2.24) is 0 Å². The van der Waals surface area contributed by atoms with Gasteiger partial charge < -0.3 is 0 Å². The van der Waals surface area contributed by atoms with E-state index in [0.717, 1.165) is 12.8 Å². The molecule has 84 valence electrons. The summed E-state index contributed by atoms with van der Waals surface area (Å²) in [6.45, 7) is 4.42. The van der Waals surface area contributed by atoms with E-state index in [1.807, 2.05) is 0 Å². The average molecular weight is 204 g/mol. The van der Waals surface area contributed by atoms with Crippen LogP contribution in [-0.4, -0.2) is 0 Å². The van der Waals surface area contributed by atoms with Crippen LogP contribution in [0, 0.1) is 0 Å². The van der Waals surface area contributed by atoms with E-state index in [1.165, 1.54) is 32.1 Å². The average Bonchev–Trinajstić information content (AvgIpc) is 2.27. The molecule has 15 heavy (non-hydrogen) atoms. The molecule has 0 bridgehead atoms. The van der Waals surface area contributed by atoms with Crippen LogP contribution < -0.4 is 0 Å². The maximum Gasteiger partial charge on any atom is -0.0163 e. The maximum absolute atomic E-state index is 2.42. The van der Waals surface area contributed by atoms with E-state index in [0.29, 0.717) is 0 Å². The zero-order valence-electron chi connectivity index (χ0n) is 10.3. The standard InChI is InChI=1S/C15H24/c1-3-5-6-7-11-15-13-9-8-12-14(15)10-4-2/h5-6,10-11H,3-4,7-9,12-13H2,1-2H3/b6-5-,14-10-,15-11-. The van der Waals surface area contributed by atoms with Crippen molar-refractivity contribution < 1.29 is 0 Å². The van der Waals surface area contributed by atoms with Crippen molar-refractivity contribution in [3.8, 4) is 0 Å². The monoisotopic (exact) mass is 204 g/mol. The quantitative estimate of drug-likeness (QED) is 0.553. The van der Waals surface area contributed by atoms with E-state index in [1.54, 1.807) is 11.1 Å². The van der Waals surface area contributed by atoms with Crippen molar-refractivity contribution in [2.45, 2.75) is 58.8 Å². The van der Waals surface area contributed by atoms with Crippen LogP contribution >= 0.6 is 0 Å². The van der Waals surface area contributed by atoms with Gasteiger partial charge in [-0.3, -0.25) is 0 Å². The smallest absolute Gasteiger partial charge is 0.0163 e. The molecule has 0 aromatic carbocycles. The molecule has 0 aliphatic heterocycles. The fourth-order valence-corrected chi connectivity index (χ4v) is 2.14. The fourth-order valence-electron chi connectivity index (χ4n) is 2.14. The summed E-state index contributed by atoms with van der Waals surface area (Å²) in [7, 11) is 0. The number of hydrogen-bond donors (Lipinski definition) is 0. The Morgan fingerprint density at radius 1 is 0.867 bits per heavy atom. The van der Waals surface area contributed by atoms with E-state index in [9.17, 15) is 0 Å². The zero-order chi connectivity index (χ0) is 10.9. The van der Waals surface area contributed by atoms with Crippen LogP contribution in [0.25, 0.3) is 0 Å². The molecule has 0 N–H and O–H groups in total. The Morgan fingerprint density at radius 2 is 1.53 bits per heavy atom. The molecule has 0 amide bonds. The molecule has 1 aliphatic rings. The Balaban J connectivity index is 2.55. The summed E-state index contributed by atoms with van der Waals surface area (Å²) in [6.07, 6.45) is 18.2. The molecule has 0 aromatic heterocycles. The SMILES string of the molecule is CC/C=C\C/C=C1/CCCC/C1=C/CC. The Kier molecular flexibility index (Phi) is 6.15. The third kappa shape index (κ3) is 4.51. The lowest BCUT2D eigenvalue weighted by Crippen LogP contribution is -1.98. The first-order chi connectivity index (χ1) is 7.38. The second kappa shape index (κ2) is 7.50. The summed E-state index contributed by atoms with van der Waals surface area (Å²) in [5.41, 5.74) is 3.23. The minimum Gasteiger partial charge on any atom is -0.0885 e. The van der Waals surface area contributed by atoms with Gasteiger partial charge in [0.15, 0.2) is 0 Å². The van der Waals surface area contributed by atoms with Crippen LogP contribution in [0.1, 0.15) is 58.8 Å². The largest absolute Gasteiger partial charge is 0.0885 e. The van der Waals surface area contributed by atoms with E-state index in [4.69, 9.17) is 0 Å². The van der Waals surface area contributed by atoms with Crippen molar-refractivity contribution in [1.29, 1.82) is 0 Å². The number of hydrogen-bond acceptors (Lipinski definition) is 0. The molecule has 1 aliphatic carbocycles. The van der Waals surface area contributed by atoms with Gasteiger partial charge in [0, 0.05) is 0 Å². The molecule has 0 radical (unpaired) electrons. The molecule has 1 fully saturated rings. The summed E-state index contributed by atoms with van der Waals surface area (Å²) in [6, 6.07) is 0. The van der Waals surface area contributed by atoms with Crippen molar-refractivity contribution in [3.05, 3.63) is 35.5 Å². The number of allylic oxidation sites excluding steroid dienone is 6. The molecule has 0 unspecified atom stereocenters. The van der Waals surface area contributed by atoms with Crippen molar-refractivity contribution in [2.24, 2.45) is 0 Å². The lowest BCUT2D eigenvalue weighted by molar-refractivity contribution is 0.674. The van der Waals surface area contributed by atoms with Crippen LogP contribution in [0.15, 0.2) is 35.5 Å². The summed E-state index contributed by atoms with van der Waals surface area (Å²) in [4.78, 5) is 0.